The molecule has 0 saturated heterocycles. The van der Waals surface area contributed by atoms with Crippen LogP contribution in [-0.2, 0) is 4.74 Å². The number of fused-ring (bicyclic) bond motifs is 2. The van der Waals surface area contributed by atoms with Crippen LogP contribution in [0.4, 0.5) is 0 Å². The molecule has 2 heterocycles. The zero-order chi connectivity index (χ0) is 37.5. The fourth-order valence-electron chi connectivity index (χ4n) is 6.39. The van der Waals surface area contributed by atoms with Gasteiger partial charge < -0.3 is 61.6 Å². The van der Waals surface area contributed by atoms with E-state index in [0.29, 0.717) is 95.4 Å². The van der Waals surface area contributed by atoms with Gasteiger partial charge in [-0.15, -0.1) is 0 Å². The first kappa shape index (κ1) is 37.2. The molecule has 0 aliphatic carbocycles. The molecule has 0 saturated carbocycles. The number of ether oxygens (including phenoxy) is 13. The van der Waals surface area contributed by atoms with Crippen molar-refractivity contribution in [2.75, 3.05) is 82.7 Å². The van der Waals surface area contributed by atoms with Crippen LogP contribution < -0.4 is 56.8 Å². The Morgan fingerprint density at radius 1 is 0.434 bits per heavy atom. The number of methoxy groups -OCH3 is 6. The lowest BCUT2D eigenvalue weighted by molar-refractivity contribution is 0.0758. The van der Waals surface area contributed by atoms with Gasteiger partial charge in [-0.25, -0.2) is 0 Å². The second-order valence-electron chi connectivity index (χ2n) is 12.2. The molecule has 2 unspecified atom stereocenters. The minimum absolute atomic E-state index is 0.124. The topological polar surface area (TPSA) is 120 Å². The molecule has 0 fully saturated rings. The molecule has 13 heteroatoms. The van der Waals surface area contributed by atoms with Crippen LogP contribution in [0.5, 0.6) is 69.0 Å². The molecule has 2 atom stereocenters. The minimum atomic E-state index is -0.124. The first-order valence-electron chi connectivity index (χ1n) is 17.1. The fraction of sp³-hybridized carbons (Fsp3) is 0.400. The molecule has 0 radical (unpaired) electrons. The summed E-state index contributed by atoms with van der Waals surface area (Å²) in [6.07, 6.45) is 0. The van der Waals surface area contributed by atoms with Gasteiger partial charge in [-0.05, 0) is 47.5 Å². The van der Waals surface area contributed by atoms with Gasteiger partial charge in [-0.3, -0.25) is 0 Å². The van der Waals surface area contributed by atoms with Gasteiger partial charge in [0.2, 0.25) is 25.1 Å². The smallest absolute Gasteiger partial charge is 0.231 e. The summed E-state index contributed by atoms with van der Waals surface area (Å²) in [5, 5.41) is 0. The van der Waals surface area contributed by atoms with Gasteiger partial charge >= 0.3 is 0 Å². The van der Waals surface area contributed by atoms with Gasteiger partial charge in [-0.2, -0.15) is 0 Å². The Labute approximate surface area is 309 Å². The Bertz CT molecular complexity index is 1710. The van der Waals surface area contributed by atoms with Crippen LogP contribution in [-0.4, -0.2) is 82.7 Å². The number of rotatable bonds is 18. The maximum atomic E-state index is 6.28. The van der Waals surface area contributed by atoms with Crippen LogP contribution in [0.2, 0.25) is 0 Å². The lowest BCUT2D eigenvalue weighted by Crippen LogP contribution is -2.14. The molecular weight excluding hydrogens is 688 g/mol. The van der Waals surface area contributed by atoms with Crippen LogP contribution in [0.3, 0.4) is 0 Å². The van der Waals surface area contributed by atoms with E-state index in [1.165, 1.54) is 0 Å². The molecule has 4 aromatic rings. The number of hydrogen-bond donors (Lipinski definition) is 0. The molecule has 2 aliphatic rings. The highest BCUT2D eigenvalue weighted by Gasteiger charge is 2.26. The van der Waals surface area contributed by atoms with Crippen molar-refractivity contribution in [1.29, 1.82) is 0 Å². The third-order valence-electron chi connectivity index (χ3n) is 9.29. The highest BCUT2D eigenvalue weighted by Crippen LogP contribution is 2.47. The number of benzene rings is 4. The summed E-state index contributed by atoms with van der Waals surface area (Å²) >= 11 is 0. The van der Waals surface area contributed by atoms with E-state index < -0.39 is 0 Å². The molecule has 2 aliphatic heterocycles. The molecule has 0 amide bonds. The molecule has 0 N–H and O–H groups in total. The molecule has 4 aromatic carbocycles. The maximum absolute atomic E-state index is 6.28. The van der Waals surface area contributed by atoms with Crippen molar-refractivity contribution in [1.82, 2.24) is 0 Å². The zero-order valence-corrected chi connectivity index (χ0v) is 31.3. The third kappa shape index (κ3) is 7.80. The monoisotopic (exact) mass is 734 g/mol. The van der Waals surface area contributed by atoms with Gasteiger partial charge in [0.25, 0.3) is 0 Å². The largest absolute Gasteiger partial charge is 0.493 e. The van der Waals surface area contributed by atoms with E-state index in [1.807, 2.05) is 48.5 Å². The van der Waals surface area contributed by atoms with Crippen molar-refractivity contribution < 1.29 is 61.6 Å². The molecule has 284 valence electrons. The van der Waals surface area contributed by atoms with Crippen molar-refractivity contribution in [2.45, 2.75) is 25.7 Å². The standard InChI is InChI=1S/C40H46O13/c1-23(25-13-35(41-3)39(45-7)36(14-25)42-4)27-17-31-33(52-21-50-31)19-29(27)48-11-9-47-10-12-49-30-20-34-32(51-22-53-34)18-28(30)24(2)26-15-37(43-5)40(46-8)38(16-26)44-6/h13-20,23-24H,9-12,21-22H2,1-8H3. The highest BCUT2D eigenvalue weighted by atomic mass is 16.7. The van der Waals surface area contributed by atoms with E-state index in [4.69, 9.17) is 61.6 Å². The average Bonchev–Trinajstić information content (AvgIpc) is 3.86. The van der Waals surface area contributed by atoms with Crippen molar-refractivity contribution in [2.24, 2.45) is 0 Å². The first-order chi connectivity index (χ1) is 25.8. The summed E-state index contributed by atoms with van der Waals surface area (Å²) in [7, 11) is 9.54. The third-order valence-corrected chi connectivity index (χ3v) is 9.29. The zero-order valence-electron chi connectivity index (χ0n) is 31.3. The first-order valence-corrected chi connectivity index (χ1v) is 17.1. The van der Waals surface area contributed by atoms with Gasteiger partial charge in [0.1, 0.15) is 24.7 Å². The molecular formula is C40H46O13. The normalized spacial score (nSPS) is 13.6. The lowest BCUT2D eigenvalue weighted by Gasteiger charge is -2.21. The fourth-order valence-corrected chi connectivity index (χ4v) is 6.39. The maximum Gasteiger partial charge on any atom is 0.231 e. The molecule has 13 nitrogen and oxygen atoms in total. The van der Waals surface area contributed by atoms with Crippen LogP contribution in [0, 0.1) is 0 Å². The van der Waals surface area contributed by atoms with Crippen LogP contribution in [0.15, 0.2) is 48.5 Å². The van der Waals surface area contributed by atoms with Gasteiger partial charge in [0.15, 0.2) is 46.0 Å². The van der Waals surface area contributed by atoms with Gasteiger partial charge in [-0.1, -0.05) is 13.8 Å². The van der Waals surface area contributed by atoms with Gasteiger partial charge in [0, 0.05) is 35.1 Å². The Morgan fingerprint density at radius 2 is 0.774 bits per heavy atom. The van der Waals surface area contributed by atoms with Crippen molar-refractivity contribution in [3.63, 3.8) is 0 Å². The molecule has 0 spiro atoms. The second kappa shape index (κ2) is 16.8. The molecule has 0 aromatic heterocycles. The van der Waals surface area contributed by atoms with Crippen LogP contribution in [0.1, 0.15) is 47.9 Å². The van der Waals surface area contributed by atoms with E-state index >= 15 is 0 Å². The predicted octanol–water partition coefficient (Wildman–Crippen LogP) is 6.97. The van der Waals surface area contributed by atoms with Crippen molar-refractivity contribution >= 4 is 0 Å². The SMILES string of the molecule is COc1cc(C(C)c2cc3c(cc2OCCOCCOc2cc4c(cc2C(C)c2cc(OC)c(OC)c(OC)c2)OCO4)OCO3)cc(OC)c1OC. The van der Waals surface area contributed by atoms with E-state index in [0.717, 1.165) is 22.3 Å². The van der Waals surface area contributed by atoms with E-state index in [1.54, 1.807) is 42.7 Å². The van der Waals surface area contributed by atoms with Gasteiger partial charge in [0.05, 0.1) is 55.9 Å². The van der Waals surface area contributed by atoms with Crippen molar-refractivity contribution in [3.05, 3.63) is 70.8 Å². The van der Waals surface area contributed by atoms with E-state index in [2.05, 4.69) is 13.8 Å². The predicted molar refractivity (Wildman–Crippen MR) is 194 cm³/mol. The Hall–Kier alpha value is -5.56. The summed E-state index contributed by atoms with van der Waals surface area (Å²) < 4.78 is 74.7. The van der Waals surface area contributed by atoms with E-state index in [-0.39, 0.29) is 25.4 Å². The summed E-state index contributed by atoms with van der Waals surface area (Å²) in [6, 6.07) is 15.3. The summed E-state index contributed by atoms with van der Waals surface area (Å²) in [5.41, 5.74) is 3.70. The Balaban J connectivity index is 1.11. The summed E-state index contributed by atoms with van der Waals surface area (Å²) in [6.45, 7) is 5.68. The second-order valence-corrected chi connectivity index (χ2v) is 12.2. The molecule has 0 bridgehead atoms. The van der Waals surface area contributed by atoms with Crippen molar-refractivity contribution in [3.8, 4) is 69.0 Å². The summed E-state index contributed by atoms with van der Waals surface area (Å²) in [4.78, 5) is 0. The quantitative estimate of drug-likeness (QED) is 0.0980. The minimum Gasteiger partial charge on any atom is -0.493 e. The molecule has 53 heavy (non-hydrogen) atoms. The van der Waals surface area contributed by atoms with Crippen LogP contribution >= 0.6 is 0 Å². The number of hydrogen-bond acceptors (Lipinski definition) is 13. The molecule has 6 rings (SSSR count). The average molecular weight is 735 g/mol. The lowest BCUT2D eigenvalue weighted by atomic mass is 9.91. The Kier molecular flexibility index (Phi) is 11.8. The summed E-state index contributed by atoms with van der Waals surface area (Å²) in [5.74, 6) is 6.92. The van der Waals surface area contributed by atoms with Crippen LogP contribution in [0.25, 0.3) is 0 Å². The van der Waals surface area contributed by atoms with E-state index in [9.17, 15) is 0 Å². The highest BCUT2D eigenvalue weighted by molar-refractivity contribution is 5.60. The Morgan fingerprint density at radius 3 is 1.09 bits per heavy atom.